The number of fused-ring (bicyclic) bond motifs is 1. The first kappa shape index (κ1) is 12.3. The largest absolute Gasteiger partial charge is 0.487 e. The van der Waals surface area contributed by atoms with Crippen molar-refractivity contribution in [3.05, 3.63) is 58.4 Å². The summed E-state index contributed by atoms with van der Waals surface area (Å²) >= 11 is 7.76. The van der Waals surface area contributed by atoms with Gasteiger partial charge in [-0.15, -0.1) is 11.3 Å². The van der Waals surface area contributed by atoms with Gasteiger partial charge >= 0.3 is 0 Å². The van der Waals surface area contributed by atoms with Crippen LogP contribution in [0, 0.1) is 0 Å². The van der Waals surface area contributed by atoms with E-state index in [2.05, 4.69) is 6.07 Å². The zero-order chi connectivity index (χ0) is 13.2. The van der Waals surface area contributed by atoms with Crippen molar-refractivity contribution in [3.8, 4) is 5.75 Å². The van der Waals surface area contributed by atoms with E-state index in [1.807, 2.05) is 42.5 Å². The van der Waals surface area contributed by atoms with Crippen molar-refractivity contribution in [2.45, 2.75) is 6.61 Å². The molecular formula is C15H12ClNOS. The zero-order valence-corrected chi connectivity index (χ0v) is 11.7. The monoisotopic (exact) mass is 289 g/mol. The molecule has 0 saturated heterocycles. The molecule has 19 heavy (non-hydrogen) atoms. The van der Waals surface area contributed by atoms with Gasteiger partial charge in [0.2, 0.25) is 0 Å². The van der Waals surface area contributed by atoms with Gasteiger partial charge in [0.1, 0.15) is 12.4 Å². The van der Waals surface area contributed by atoms with Crippen molar-refractivity contribution in [2.24, 2.45) is 0 Å². The summed E-state index contributed by atoms with van der Waals surface area (Å²) in [6.45, 7) is 0.517. The molecule has 0 saturated carbocycles. The second kappa shape index (κ2) is 5.11. The fourth-order valence-corrected chi connectivity index (χ4v) is 3.05. The second-order valence-electron chi connectivity index (χ2n) is 4.23. The van der Waals surface area contributed by atoms with Crippen molar-refractivity contribution in [2.75, 3.05) is 5.73 Å². The number of anilines is 1. The lowest BCUT2D eigenvalue weighted by atomic mass is 10.2. The molecule has 0 unspecified atom stereocenters. The molecule has 4 heteroatoms. The molecule has 1 heterocycles. The Bertz CT molecular complexity index is 723. The van der Waals surface area contributed by atoms with Gasteiger partial charge < -0.3 is 10.5 Å². The van der Waals surface area contributed by atoms with E-state index in [0.717, 1.165) is 16.0 Å². The lowest BCUT2D eigenvalue weighted by Gasteiger charge is -2.05. The van der Waals surface area contributed by atoms with Gasteiger partial charge in [-0.05, 0) is 41.8 Å². The Balaban J connectivity index is 1.80. The van der Waals surface area contributed by atoms with Gasteiger partial charge in [0.25, 0.3) is 0 Å². The Morgan fingerprint density at radius 2 is 1.95 bits per heavy atom. The van der Waals surface area contributed by atoms with E-state index >= 15 is 0 Å². The van der Waals surface area contributed by atoms with Gasteiger partial charge in [-0.25, -0.2) is 0 Å². The molecule has 3 aromatic rings. The summed E-state index contributed by atoms with van der Waals surface area (Å²) in [5.74, 6) is 0.709. The van der Waals surface area contributed by atoms with Crippen LogP contribution in [0.3, 0.4) is 0 Å². The van der Waals surface area contributed by atoms with Crippen LogP contribution in [0.5, 0.6) is 5.75 Å². The van der Waals surface area contributed by atoms with Crippen LogP contribution in [0.2, 0.25) is 5.02 Å². The average Bonchev–Trinajstić information content (AvgIpc) is 2.79. The summed E-state index contributed by atoms with van der Waals surface area (Å²) < 4.78 is 6.94. The highest BCUT2D eigenvalue weighted by molar-refractivity contribution is 7.19. The van der Waals surface area contributed by atoms with Gasteiger partial charge in [0.05, 0.1) is 5.02 Å². The molecule has 0 bridgehead atoms. The number of thiophene rings is 1. The van der Waals surface area contributed by atoms with E-state index in [1.165, 1.54) is 4.70 Å². The molecule has 2 N–H and O–H groups in total. The third-order valence-electron chi connectivity index (χ3n) is 2.80. The molecule has 0 aliphatic carbocycles. The zero-order valence-electron chi connectivity index (χ0n) is 10.1. The number of nitrogen functional groups attached to an aromatic ring is 1. The summed E-state index contributed by atoms with van der Waals surface area (Å²) in [5, 5.41) is 1.79. The van der Waals surface area contributed by atoms with Crippen molar-refractivity contribution >= 4 is 38.7 Å². The van der Waals surface area contributed by atoms with Gasteiger partial charge in [-0.1, -0.05) is 23.7 Å². The lowest BCUT2D eigenvalue weighted by Crippen LogP contribution is -1.92. The molecular weight excluding hydrogens is 278 g/mol. The minimum Gasteiger partial charge on any atom is -0.487 e. The highest BCUT2D eigenvalue weighted by atomic mass is 35.5. The highest BCUT2D eigenvalue weighted by Gasteiger charge is 2.05. The predicted molar refractivity (Wildman–Crippen MR) is 82.0 cm³/mol. The first-order valence-corrected chi connectivity index (χ1v) is 7.07. The number of rotatable bonds is 3. The van der Waals surface area contributed by atoms with E-state index in [9.17, 15) is 0 Å². The first-order chi connectivity index (χ1) is 9.22. The molecule has 0 aliphatic heterocycles. The average molecular weight is 290 g/mol. The smallest absolute Gasteiger partial charge is 0.138 e. The minimum absolute atomic E-state index is 0.517. The molecule has 0 spiro atoms. The van der Waals surface area contributed by atoms with Crippen LogP contribution in [-0.2, 0) is 6.61 Å². The molecule has 0 aliphatic rings. The molecule has 2 nitrogen and oxygen atoms in total. The van der Waals surface area contributed by atoms with Crippen LogP contribution in [-0.4, -0.2) is 0 Å². The summed E-state index contributed by atoms with van der Waals surface area (Å²) in [5.41, 5.74) is 6.56. The molecule has 1 aromatic heterocycles. The number of nitrogens with two attached hydrogens (primary N) is 1. The third kappa shape index (κ3) is 2.67. The number of halogens is 1. The van der Waals surface area contributed by atoms with Crippen molar-refractivity contribution in [1.29, 1.82) is 0 Å². The molecule has 0 radical (unpaired) electrons. The highest BCUT2D eigenvalue weighted by Crippen LogP contribution is 2.29. The molecule has 96 valence electrons. The normalized spacial score (nSPS) is 10.8. The Kier molecular flexibility index (Phi) is 3.32. The topological polar surface area (TPSA) is 35.2 Å². The Hall–Kier alpha value is -1.71. The molecule has 0 amide bonds. The molecule has 2 aromatic carbocycles. The quantitative estimate of drug-likeness (QED) is 0.708. The maximum Gasteiger partial charge on any atom is 0.138 e. The van der Waals surface area contributed by atoms with Crippen LogP contribution >= 0.6 is 22.9 Å². The standard InChI is InChI=1S/C15H12ClNOS/c16-13-3-1-2-4-14(13)18-9-12-8-10-7-11(17)5-6-15(10)19-12/h1-8H,9,17H2. The number of hydrogen-bond donors (Lipinski definition) is 1. The summed E-state index contributed by atoms with van der Waals surface area (Å²) in [6.07, 6.45) is 0. The van der Waals surface area contributed by atoms with E-state index in [4.69, 9.17) is 22.1 Å². The third-order valence-corrected chi connectivity index (χ3v) is 4.20. The fraction of sp³-hybridized carbons (Fsp3) is 0.0667. The van der Waals surface area contributed by atoms with Crippen LogP contribution in [0.1, 0.15) is 4.88 Å². The maximum atomic E-state index is 6.05. The summed E-state index contributed by atoms with van der Waals surface area (Å²) in [6, 6.07) is 15.5. The maximum absolute atomic E-state index is 6.05. The van der Waals surface area contributed by atoms with E-state index < -0.39 is 0 Å². The van der Waals surface area contributed by atoms with E-state index in [-0.39, 0.29) is 0 Å². The number of ether oxygens (including phenoxy) is 1. The minimum atomic E-state index is 0.517. The molecule has 0 fully saturated rings. The second-order valence-corrected chi connectivity index (χ2v) is 5.80. The first-order valence-electron chi connectivity index (χ1n) is 5.87. The Morgan fingerprint density at radius 3 is 2.79 bits per heavy atom. The van der Waals surface area contributed by atoms with Gasteiger partial charge in [-0.3, -0.25) is 0 Å². The SMILES string of the molecule is Nc1ccc2sc(COc3ccccc3Cl)cc2c1. The molecule has 3 rings (SSSR count). The van der Waals surface area contributed by atoms with Crippen molar-refractivity contribution in [3.63, 3.8) is 0 Å². The van der Waals surface area contributed by atoms with Crippen molar-refractivity contribution < 1.29 is 4.74 Å². The van der Waals surface area contributed by atoms with Crippen LogP contribution in [0.4, 0.5) is 5.69 Å². The molecule has 0 atom stereocenters. The summed E-state index contributed by atoms with van der Waals surface area (Å²) in [4.78, 5) is 1.15. The Morgan fingerprint density at radius 1 is 1.11 bits per heavy atom. The lowest BCUT2D eigenvalue weighted by molar-refractivity contribution is 0.310. The number of hydrogen-bond acceptors (Lipinski definition) is 3. The van der Waals surface area contributed by atoms with E-state index in [0.29, 0.717) is 17.4 Å². The van der Waals surface area contributed by atoms with E-state index in [1.54, 1.807) is 11.3 Å². The van der Waals surface area contributed by atoms with Crippen molar-refractivity contribution in [1.82, 2.24) is 0 Å². The number of benzene rings is 2. The van der Waals surface area contributed by atoms with Gasteiger partial charge in [-0.2, -0.15) is 0 Å². The Labute approximate surface area is 120 Å². The van der Waals surface area contributed by atoms with Crippen LogP contribution in [0.15, 0.2) is 48.5 Å². The number of para-hydroxylation sites is 1. The van der Waals surface area contributed by atoms with Crippen LogP contribution < -0.4 is 10.5 Å². The predicted octanol–water partition coefficient (Wildman–Crippen LogP) is 4.72. The summed E-state index contributed by atoms with van der Waals surface area (Å²) in [7, 11) is 0. The fourth-order valence-electron chi connectivity index (χ4n) is 1.90. The van der Waals surface area contributed by atoms with Crippen LogP contribution in [0.25, 0.3) is 10.1 Å². The van der Waals surface area contributed by atoms with Gasteiger partial charge in [0.15, 0.2) is 0 Å². The van der Waals surface area contributed by atoms with Gasteiger partial charge in [0, 0.05) is 15.3 Å².